The van der Waals surface area contributed by atoms with Crippen molar-refractivity contribution in [3.05, 3.63) is 47.3 Å². The molecule has 6 heteroatoms. The number of rotatable bonds is 6. The lowest BCUT2D eigenvalue weighted by molar-refractivity contribution is 0.186. The highest BCUT2D eigenvalue weighted by molar-refractivity contribution is 5.82. The van der Waals surface area contributed by atoms with Crippen molar-refractivity contribution < 1.29 is 4.74 Å². The van der Waals surface area contributed by atoms with Crippen LogP contribution in [0.4, 0.5) is 5.95 Å². The number of aromatic amines is 1. The monoisotopic (exact) mass is 311 g/mol. The number of hydrogen-bond donors (Lipinski definition) is 2. The van der Waals surface area contributed by atoms with Gasteiger partial charge in [0.2, 0.25) is 5.95 Å². The summed E-state index contributed by atoms with van der Waals surface area (Å²) in [6.07, 6.45) is 1.82. The quantitative estimate of drug-likeness (QED) is 0.543. The van der Waals surface area contributed by atoms with Crippen molar-refractivity contribution in [3.63, 3.8) is 0 Å². The number of fused-ring (bicyclic) bond motifs is 1. The minimum absolute atomic E-state index is 0.635. The van der Waals surface area contributed by atoms with Gasteiger partial charge in [-0.2, -0.15) is 5.10 Å². The van der Waals surface area contributed by atoms with Crippen LogP contribution in [-0.4, -0.2) is 34.5 Å². The molecule has 0 radical (unpaired) electrons. The Balaban J connectivity index is 1.72. The number of ether oxygens (including phenoxy) is 1. The standard InChI is InChI=1S/C17H21N5O/c1-12-10-14(13(2)22(12)8-9-23-3)11-18-21-17-19-15-6-4-5-7-16(15)20-17/h4-7,10-11H,8-9H2,1-3H3,(H2,19,20,21)/b18-11-. The molecular formula is C17H21N5O. The van der Waals surface area contributed by atoms with E-state index in [1.165, 1.54) is 11.4 Å². The number of aromatic nitrogens is 3. The number of benzene rings is 1. The normalized spacial score (nSPS) is 11.6. The van der Waals surface area contributed by atoms with Gasteiger partial charge in [-0.3, -0.25) is 0 Å². The number of hydrazone groups is 1. The summed E-state index contributed by atoms with van der Waals surface area (Å²) in [5, 5.41) is 4.29. The average Bonchev–Trinajstić information content (AvgIpc) is 3.07. The first-order valence-electron chi connectivity index (χ1n) is 7.58. The van der Waals surface area contributed by atoms with Gasteiger partial charge in [-0.1, -0.05) is 12.1 Å². The number of imidazole rings is 1. The summed E-state index contributed by atoms with van der Waals surface area (Å²) in [7, 11) is 1.72. The van der Waals surface area contributed by atoms with E-state index in [-0.39, 0.29) is 0 Å². The van der Waals surface area contributed by atoms with Gasteiger partial charge in [-0.25, -0.2) is 10.4 Å². The molecule has 0 fully saturated rings. The second-order valence-corrected chi connectivity index (χ2v) is 5.44. The number of anilines is 1. The zero-order chi connectivity index (χ0) is 16.2. The van der Waals surface area contributed by atoms with E-state index in [4.69, 9.17) is 4.74 Å². The van der Waals surface area contributed by atoms with E-state index in [9.17, 15) is 0 Å². The molecule has 0 unspecified atom stereocenters. The van der Waals surface area contributed by atoms with E-state index in [2.05, 4.69) is 45.0 Å². The van der Waals surface area contributed by atoms with Crippen LogP contribution in [0.15, 0.2) is 35.4 Å². The molecule has 2 heterocycles. The first-order chi connectivity index (χ1) is 11.2. The number of para-hydroxylation sites is 2. The maximum absolute atomic E-state index is 5.15. The SMILES string of the molecule is COCCn1c(C)cc(/C=N\Nc2nc3ccccc3[nH]2)c1C. The van der Waals surface area contributed by atoms with Gasteiger partial charge in [0.1, 0.15) is 0 Å². The molecular weight excluding hydrogens is 290 g/mol. The van der Waals surface area contributed by atoms with Crippen LogP contribution in [0.3, 0.4) is 0 Å². The van der Waals surface area contributed by atoms with Gasteiger partial charge in [0, 0.05) is 30.6 Å². The lowest BCUT2D eigenvalue weighted by atomic mass is 10.3. The molecule has 3 rings (SSSR count). The smallest absolute Gasteiger partial charge is 0.222 e. The second-order valence-electron chi connectivity index (χ2n) is 5.44. The Morgan fingerprint density at radius 1 is 1.35 bits per heavy atom. The van der Waals surface area contributed by atoms with Gasteiger partial charge >= 0.3 is 0 Å². The van der Waals surface area contributed by atoms with Crippen molar-refractivity contribution in [2.45, 2.75) is 20.4 Å². The number of hydrogen-bond acceptors (Lipinski definition) is 4. The second kappa shape index (κ2) is 6.66. The van der Waals surface area contributed by atoms with Crippen molar-refractivity contribution in [2.24, 2.45) is 5.10 Å². The fourth-order valence-electron chi connectivity index (χ4n) is 2.65. The molecule has 2 N–H and O–H groups in total. The summed E-state index contributed by atoms with van der Waals surface area (Å²) < 4.78 is 7.38. The Hall–Kier alpha value is -2.60. The van der Waals surface area contributed by atoms with Crippen LogP contribution in [0.2, 0.25) is 0 Å². The van der Waals surface area contributed by atoms with E-state index in [0.29, 0.717) is 12.6 Å². The highest BCUT2D eigenvalue weighted by atomic mass is 16.5. The maximum atomic E-state index is 5.15. The van der Waals surface area contributed by atoms with Gasteiger partial charge in [0.15, 0.2) is 0 Å². The Labute approximate surface area is 135 Å². The predicted molar refractivity (Wildman–Crippen MR) is 93.1 cm³/mol. The molecule has 1 aromatic carbocycles. The van der Waals surface area contributed by atoms with Crippen LogP contribution in [-0.2, 0) is 11.3 Å². The summed E-state index contributed by atoms with van der Waals surface area (Å²) in [4.78, 5) is 7.61. The Kier molecular flexibility index (Phi) is 4.43. The molecule has 23 heavy (non-hydrogen) atoms. The van der Waals surface area contributed by atoms with E-state index < -0.39 is 0 Å². The third-order valence-electron chi connectivity index (χ3n) is 3.90. The highest BCUT2D eigenvalue weighted by Crippen LogP contribution is 2.15. The van der Waals surface area contributed by atoms with Gasteiger partial charge in [0.25, 0.3) is 0 Å². The van der Waals surface area contributed by atoms with Crippen molar-refractivity contribution in [1.29, 1.82) is 0 Å². The summed E-state index contributed by atoms with van der Waals surface area (Å²) >= 11 is 0. The van der Waals surface area contributed by atoms with Gasteiger partial charge in [0.05, 0.1) is 23.9 Å². The Morgan fingerprint density at radius 3 is 2.96 bits per heavy atom. The topological polar surface area (TPSA) is 67.2 Å². The van der Waals surface area contributed by atoms with E-state index in [0.717, 1.165) is 23.1 Å². The highest BCUT2D eigenvalue weighted by Gasteiger charge is 2.07. The molecule has 6 nitrogen and oxygen atoms in total. The molecule has 0 aliphatic rings. The van der Waals surface area contributed by atoms with Crippen LogP contribution in [0.25, 0.3) is 11.0 Å². The zero-order valence-electron chi connectivity index (χ0n) is 13.6. The zero-order valence-corrected chi connectivity index (χ0v) is 13.6. The number of methoxy groups -OCH3 is 1. The average molecular weight is 311 g/mol. The van der Waals surface area contributed by atoms with Gasteiger partial charge < -0.3 is 14.3 Å². The fraction of sp³-hybridized carbons (Fsp3) is 0.294. The number of H-pyrrole nitrogens is 1. The van der Waals surface area contributed by atoms with Crippen LogP contribution in [0.5, 0.6) is 0 Å². The summed E-state index contributed by atoms with van der Waals surface area (Å²) in [6, 6.07) is 10.0. The van der Waals surface area contributed by atoms with Gasteiger partial charge in [-0.15, -0.1) is 0 Å². The fourth-order valence-corrected chi connectivity index (χ4v) is 2.65. The molecule has 0 saturated heterocycles. The van der Waals surface area contributed by atoms with Crippen molar-refractivity contribution in [1.82, 2.24) is 14.5 Å². The molecule has 0 bridgehead atoms. The Bertz CT molecular complexity index is 798. The predicted octanol–water partition coefficient (Wildman–Crippen LogP) is 3.07. The number of nitrogens with zero attached hydrogens (tertiary/aromatic N) is 3. The third kappa shape index (κ3) is 3.27. The van der Waals surface area contributed by atoms with Crippen molar-refractivity contribution >= 4 is 23.2 Å². The largest absolute Gasteiger partial charge is 0.383 e. The van der Waals surface area contributed by atoms with E-state index in [1.54, 1.807) is 7.11 Å². The molecule has 0 aliphatic heterocycles. The molecule has 0 amide bonds. The third-order valence-corrected chi connectivity index (χ3v) is 3.90. The minimum atomic E-state index is 0.635. The number of aryl methyl sites for hydroxylation is 1. The minimum Gasteiger partial charge on any atom is -0.383 e. The summed E-state index contributed by atoms with van der Waals surface area (Å²) in [5.74, 6) is 0.635. The van der Waals surface area contributed by atoms with Gasteiger partial charge in [-0.05, 0) is 32.0 Å². The molecule has 2 aromatic heterocycles. The first kappa shape index (κ1) is 15.3. The summed E-state index contributed by atoms with van der Waals surface area (Å²) in [6.45, 7) is 5.72. The molecule has 0 atom stereocenters. The first-order valence-corrected chi connectivity index (χ1v) is 7.58. The molecule has 0 saturated carbocycles. The van der Waals surface area contributed by atoms with Crippen LogP contribution in [0.1, 0.15) is 17.0 Å². The van der Waals surface area contributed by atoms with Crippen LogP contribution < -0.4 is 5.43 Å². The summed E-state index contributed by atoms with van der Waals surface area (Å²) in [5.41, 5.74) is 8.32. The number of nitrogens with one attached hydrogen (secondary N) is 2. The van der Waals surface area contributed by atoms with Crippen molar-refractivity contribution in [3.8, 4) is 0 Å². The van der Waals surface area contributed by atoms with Crippen LogP contribution >= 0.6 is 0 Å². The van der Waals surface area contributed by atoms with E-state index in [1.807, 2.05) is 30.5 Å². The molecule has 3 aromatic rings. The Morgan fingerprint density at radius 2 is 2.17 bits per heavy atom. The van der Waals surface area contributed by atoms with Crippen LogP contribution in [0, 0.1) is 13.8 Å². The lowest BCUT2D eigenvalue weighted by Crippen LogP contribution is -2.07. The van der Waals surface area contributed by atoms with Crippen molar-refractivity contribution in [2.75, 3.05) is 19.1 Å². The molecule has 0 aliphatic carbocycles. The van der Waals surface area contributed by atoms with E-state index >= 15 is 0 Å². The maximum Gasteiger partial charge on any atom is 0.222 e. The lowest BCUT2D eigenvalue weighted by Gasteiger charge is -2.08. The molecule has 120 valence electrons. The molecule has 0 spiro atoms.